The van der Waals surface area contributed by atoms with E-state index in [1.54, 1.807) is 13.2 Å². The van der Waals surface area contributed by atoms with Gasteiger partial charge >= 0.3 is 0 Å². The van der Waals surface area contributed by atoms with Crippen molar-refractivity contribution < 1.29 is 14.3 Å². The van der Waals surface area contributed by atoms with Crippen LogP contribution in [0.25, 0.3) is 0 Å². The summed E-state index contributed by atoms with van der Waals surface area (Å²) in [5, 5.41) is 0. The van der Waals surface area contributed by atoms with Crippen molar-refractivity contribution in [3.05, 3.63) is 29.8 Å². The molecule has 0 aliphatic carbocycles. The summed E-state index contributed by atoms with van der Waals surface area (Å²) < 4.78 is 10.6. The van der Waals surface area contributed by atoms with E-state index in [4.69, 9.17) is 9.47 Å². The van der Waals surface area contributed by atoms with Gasteiger partial charge in [0.1, 0.15) is 5.75 Å². The van der Waals surface area contributed by atoms with Gasteiger partial charge in [0.2, 0.25) is 0 Å². The quantitative estimate of drug-likeness (QED) is 0.804. The first kappa shape index (κ1) is 12.9. The molecule has 18 heavy (non-hydrogen) atoms. The Morgan fingerprint density at radius 1 is 1.44 bits per heavy atom. The summed E-state index contributed by atoms with van der Waals surface area (Å²) in [5.41, 5.74) is 0.391. The molecule has 1 aromatic rings. The molecule has 1 heterocycles. The van der Waals surface area contributed by atoms with E-state index in [-0.39, 0.29) is 11.4 Å². The van der Waals surface area contributed by atoms with Gasteiger partial charge in [-0.1, -0.05) is 6.07 Å². The molecule has 0 N–H and O–H groups in total. The predicted molar refractivity (Wildman–Crippen MR) is 68.9 cm³/mol. The van der Waals surface area contributed by atoms with Crippen LogP contribution in [-0.2, 0) is 4.74 Å². The van der Waals surface area contributed by atoms with Crippen LogP contribution < -0.4 is 4.74 Å². The van der Waals surface area contributed by atoms with Crippen LogP contribution in [0.15, 0.2) is 24.3 Å². The highest BCUT2D eigenvalue weighted by molar-refractivity contribution is 5.95. The van der Waals surface area contributed by atoms with Crippen LogP contribution in [0.4, 0.5) is 0 Å². The van der Waals surface area contributed by atoms with Gasteiger partial charge in [-0.15, -0.1) is 0 Å². The molecule has 98 valence electrons. The molecule has 1 aromatic carbocycles. The molecule has 4 heteroatoms. The number of carbonyl (C=O) groups is 1. The van der Waals surface area contributed by atoms with Gasteiger partial charge in [-0.25, -0.2) is 0 Å². The van der Waals surface area contributed by atoms with E-state index < -0.39 is 0 Å². The molecule has 0 spiro atoms. The minimum absolute atomic E-state index is 0.0298. The Morgan fingerprint density at radius 2 is 2.22 bits per heavy atom. The molecular formula is C14H19NO3. The highest BCUT2D eigenvalue weighted by Gasteiger charge is 2.34. The zero-order valence-corrected chi connectivity index (χ0v) is 11.1. The lowest BCUT2D eigenvalue weighted by Gasteiger charge is -2.42. The molecule has 1 fully saturated rings. The largest absolute Gasteiger partial charge is 0.497 e. The lowest BCUT2D eigenvalue weighted by Crippen LogP contribution is -2.55. The van der Waals surface area contributed by atoms with Crippen LogP contribution in [0.1, 0.15) is 24.2 Å². The molecule has 0 bridgehead atoms. The van der Waals surface area contributed by atoms with Gasteiger partial charge in [0.05, 0.1) is 25.9 Å². The van der Waals surface area contributed by atoms with Crippen LogP contribution in [-0.4, -0.2) is 43.2 Å². The molecule has 0 saturated carbocycles. The molecular weight excluding hydrogens is 230 g/mol. The third-order valence-corrected chi connectivity index (χ3v) is 3.21. The van der Waals surface area contributed by atoms with E-state index in [9.17, 15) is 4.79 Å². The van der Waals surface area contributed by atoms with Gasteiger partial charge < -0.3 is 14.4 Å². The second kappa shape index (κ2) is 4.98. The standard InChI is InChI=1S/C14H19NO3/c1-14(2)10-18-8-7-15(14)13(16)11-5-4-6-12(9-11)17-3/h4-6,9H,7-8,10H2,1-3H3. The number of morpholine rings is 1. The van der Waals surface area contributed by atoms with Gasteiger partial charge in [0, 0.05) is 12.1 Å². The first-order valence-electron chi connectivity index (χ1n) is 6.08. The van der Waals surface area contributed by atoms with Crippen molar-refractivity contribution in [3.63, 3.8) is 0 Å². The van der Waals surface area contributed by atoms with E-state index in [0.29, 0.717) is 31.1 Å². The Labute approximate surface area is 107 Å². The normalized spacial score (nSPS) is 18.5. The zero-order valence-electron chi connectivity index (χ0n) is 11.1. The number of hydrogen-bond donors (Lipinski definition) is 0. The molecule has 0 atom stereocenters. The highest BCUT2D eigenvalue weighted by Crippen LogP contribution is 2.23. The molecule has 1 aliphatic rings. The predicted octanol–water partition coefficient (Wildman–Crippen LogP) is 1.95. The molecule has 0 aromatic heterocycles. The first-order valence-corrected chi connectivity index (χ1v) is 6.08. The molecule has 4 nitrogen and oxygen atoms in total. The van der Waals surface area contributed by atoms with Crippen molar-refractivity contribution >= 4 is 5.91 Å². The third kappa shape index (κ3) is 2.48. The maximum absolute atomic E-state index is 12.5. The van der Waals surface area contributed by atoms with Crippen LogP contribution >= 0.6 is 0 Å². The number of hydrogen-bond acceptors (Lipinski definition) is 3. The topological polar surface area (TPSA) is 38.8 Å². The number of benzene rings is 1. The monoisotopic (exact) mass is 249 g/mol. The minimum atomic E-state index is -0.265. The Hall–Kier alpha value is -1.55. The lowest BCUT2D eigenvalue weighted by atomic mass is 10.0. The third-order valence-electron chi connectivity index (χ3n) is 3.21. The number of carbonyl (C=O) groups excluding carboxylic acids is 1. The second-order valence-electron chi connectivity index (χ2n) is 5.05. The maximum atomic E-state index is 12.5. The number of nitrogens with zero attached hydrogens (tertiary/aromatic N) is 1. The Kier molecular flexibility index (Phi) is 3.57. The van der Waals surface area contributed by atoms with E-state index >= 15 is 0 Å². The van der Waals surface area contributed by atoms with Gasteiger partial charge in [-0.05, 0) is 32.0 Å². The minimum Gasteiger partial charge on any atom is -0.497 e. The van der Waals surface area contributed by atoms with Crippen molar-refractivity contribution in [2.24, 2.45) is 0 Å². The second-order valence-corrected chi connectivity index (χ2v) is 5.05. The van der Waals surface area contributed by atoms with Gasteiger partial charge in [0.15, 0.2) is 0 Å². The molecule has 1 aliphatic heterocycles. The van der Waals surface area contributed by atoms with E-state index in [1.165, 1.54) is 0 Å². The molecule has 0 unspecified atom stereocenters. The van der Waals surface area contributed by atoms with Crippen LogP contribution in [0.3, 0.4) is 0 Å². The van der Waals surface area contributed by atoms with E-state index in [2.05, 4.69) is 0 Å². The lowest BCUT2D eigenvalue weighted by molar-refractivity contribution is -0.0370. The maximum Gasteiger partial charge on any atom is 0.254 e. The summed E-state index contributed by atoms with van der Waals surface area (Å²) in [5.74, 6) is 0.731. The number of amides is 1. The fourth-order valence-corrected chi connectivity index (χ4v) is 2.15. The summed E-state index contributed by atoms with van der Waals surface area (Å²) in [7, 11) is 1.60. The Morgan fingerprint density at radius 3 is 2.89 bits per heavy atom. The molecule has 0 radical (unpaired) electrons. The van der Waals surface area contributed by atoms with Crippen molar-refractivity contribution in [1.29, 1.82) is 0 Å². The summed E-state index contributed by atoms with van der Waals surface area (Å²) in [4.78, 5) is 14.4. The van der Waals surface area contributed by atoms with Crippen molar-refractivity contribution in [3.8, 4) is 5.75 Å². The molecule has 1 amide bonds. The van der Waals surface area contributed by atoms with E-state index in [0.717, 1.165) is 0 Å². The Bertz CT molecular complexity index is 442. The van der Waals surface area contributed by atoms with Crippen LogP contribution in [0.5, 0.6) is 5.75 Å². The summed E-state index contributed by atoms with van der Waals surface area (Å²) in [6.45, 7) is 5.83. The fraction of sp³-hybridized carbons (Fsp3) is 0.500. The number of ether oxygens (including phenoxy) is 2. The Balaban J connectivity index is 2.24. The molecule has 1 saturated heterocycles. The fourth-order valence-electron chi connectivity index (χ4n) is 2.15. The van der Waals surface area contributed by atoms with E-state index in [1.807, 2.05) is 36.9 Å². The van der Waals surface area contributed by atoms with Crippen LogP contribution in [0, 0.1) is 0 Å². The molecule has 2 rings (SSSR count). The van der Waals surface area contributed by atoms with Crippen molar-refractivity contribution in [1.82, 2.24) is 4.90 Å². The summed E-state index contributed by atoms with van der Waals surface area (Å²) >= 11 is 0. The van der Waals surface area contributed by atoms with Gasteiger partial charge in [-0.3, -0.25) is 4.79 Å². The van der Waals surface area contributed by atoms with Crippen LogP contribution in [0.2, 0.25) is 0 Å². The average molecular weight is 249 g/mol. The summed E-state index contributed by atoms with van der Waals surface area (Å²) in [6, 6.07) is 7.25. The van der Waals surface area contributed by atoms with Gasteiger partial charge in [-0.2, -0.15) is 0 Å². The SMILES string of the molecule is COc1cccc(C(=O)N2CCOCC2(C)C)c1. The van der Waals surface area contributed by atoms with Gasteiger partial charge in [0.25, 0.3) is 5.91 Å². The van der Waals surface area contributed by atoms with Crippen molar-refractivity contribution in [2.45, 2.75) is 19.4 Å². The smallest absolute Gasteiger partial charge is 0.254 e. The van der Waals surface area contributed by atoms with Crippen molar-refractivity contribution in [2.75, 3.05) is 26.9 Å². The summed E-state index contributed by atoms with van der Waals surface area (Å²) in [6.07, 6.45) is 0. The average Bonchev–Trinajstić information content (AvgIpc) is 2.37. The number of rotatable bonds is 2. The first-order chi connectivity index (χ1) is 8.54. The number of methoxy groups -OCH3 is 1. The highest BCUT2D eigenvalue weighted by atomic mass is 16.5. The zero-order chi connectivity index (χ0) is 13.2.